The summed E-state index contributed by atoms with van der Waals surface area (Å²) < 4.78 is 27.8. The Kier molecular flexibility index (Phi) is 8.55. The number of hydrogen-bond donors (Lipinski definition) is 0. The van der Waals surface area contributed by atoms with Gasteiger partial charge in [-0.15, -0.1) is 11.3 Å². The van der Waals surface area contributed by atoms with Gasteiger partial charge in [0.05, 0.1) is 27.5 Å². The van der Waals surface area contributed by atoms with Gasteiger partial charge in [0.25, 0.3) is 10.0 Å². The van der Waals surface area contributed by atoms with Crippen molar-refractivity contribution in [3.05, 3.63) is 82.6 Å². The van der Waals surface area contributed by atoms with Gasteiger partial charge in [-0.1, -0.05) is 29.8 Å². The normalized spacial score (nSPS) is 11.2. The Hall–Kier alpha value is -2.50. The summed E-state index contributed by atoms with van der Waals surface area (Å²) in [5.41, 5.74) is 5.35. The Balaban J connectivity index is 0.00000342. The Labute approximate surface area is 230 Å². The molecule has 0 aliphatic carbocycles. The van der Waals surface area contributed by atoms with Crippen molar-refractivity contribution in [3.8, 4) is 16.3 Å². The summed E-state index contributed by atoms with van der Waals surface area (Å²) in [6, 6.07) is 13.4. The summed E-state index contributed by atoms with van der Waals surface area (Å²) in [6.07, 6.45) is 0.218. The number of amides is 1. The van der Waals surface area contributed by atoms with Crippen molar-refractivity contribution in [1.29, 1.82) is 0 Å². The molecule has 0 saturated heterocycles. The molecular formula is C24H23N4NaO4S2. The molecule has 0 radical (unpaired) electrons. The molecule has 0 fully saturated rings. The average Bonchev–Trinajstić information content (AvgIpc) is 3.42. The first-order valence-corrected chi connectivity index (χ1v) is 12.9. The second kappa shape index (κ2) is 11.0. The number of sulfonamides is 1. The molecule has 2 heterocycles. The number of benzene rings is 2. The summed E-state index contributed by atoms with van der Waals surface area (Å²) in [5.74, 6) is 0. The number of aromatic nitrogens is 3. The van der Waals surface area contributed by atoms with Crippen LogP contribution in [0.25, 0.3) is 16.3 Å². The molecule has 0 aliphatic heterocycles. The molecule has 8 nitrogen and oxygen atoms in total. The SMILES string of the molecule is Cc1ccc(S(=O)(=O)N(CCc2ccc(-n3nc(C)c(-c4nccs4)c3C)cc2)C(=O)[O-])cc1.[Na+]. The third-order valence-electron chi connectivity index (χ3n) is 5.53. The van der Waals surface area contributed by atoms with Crippen molar-refractivity contribution >= 4 is 27.5 Å². The van der Waals surface area contributed by atoms with Gasteiger partial charge in [-0.3, -0.25) is 4.31 Å². The van der Waals surface area contributed by atoms with Crippen LogP contribution in [-0.4, -0.2) is 40.1 Å². The third-order valence-corrected chi connectivity index (χ3v) is 8.10. The third kappa shape index (κ3) is 5.68. The molecule has 176 valence electrons. The predicted octanol–water partition coefficient (Wildman–Crippen LogP) is 0.502. The molecule has 11 heteroatoms. The Morgan fingerprint density at radius 3 is 2.29 bits per heavy atom. The van der Waals surface area contributed by atoms with E-state index in [9.17, 15) is 18.3 Å². The largest absolute Gasteiger partial charge is 1.00 e. The van der Waals surface area contributed by atoms with Crippen LogP contribution in [0.1, 0.15) is 22.5 Å². The maximum Gasteiger partial charge on any atom is 1.00 e. The Morgan fingerprint density at radius 2 is 1.71 bits per heavy atom. The van der Waals surface area contributed by atoms with E-state index in [0.717, 1.165) is 38.8 Å². The molecule has 1 amide bonds. The summed E-state index contributed by atoms with van der Waals surface area (Å²) >= 11 is 1.56. The zero-order valence-electron chi connectivity index (χ0n) is 19.9. The maximum absolute atomic E-state index is 12.8. The van der Waals surface area contributed by atoms with Gasteiger partial charge in [-0.25, -0.2) is 18.1 Å². The molecule has 2 aromatic carbocycles. The minimum atomic E-state index is -4.22. The quantitative estimate of drug-likeness (QED) is 0.330. The summed E-state index contributed by atoms with van der Waals surface area (Å²) in [6.45, 7) is 5.50. The zero-order valence-corrected chi connectivity index (χ0v) is 23.6. The Morgan fingerprint density at radius 1 is 1.06 bits per heavy atom. The van der Waals surface area contributed by atoms with Crippen LogP contribution in [0.3, 0.4) is 0 Å². The molecule has 4 rings (SSSR count). The van der Waals surface area contributed by atoms with Crippen LogP contribution in [0.5, 0.6) is 0 Å². The van der Waals surface area contributed by atoms with Gasteiger partial charge in [0.2, 0.25) is 0 Å². The van der Waals surface area contributed by atoms with E-state index in [1.807, 2.05) is 55.1 Å². The van der Waals surface area contributed by atoms with E-state index in [-0.39, 0.29) is 47.4 Å². The van der Waals surface area contributed by atoms with E-state index in [4.69, 9.17) is 0 Å². The maximum atomic E-state index is 12.8. The molecule has 0 aliphatic rings. The molecule has 0 saturated carbocycles. The smallest absolute Gasteiger partial charge is 0.529 e. The van der Waals surface area contributed by atoms with E-state index in [0.29, 0.717) is 4.31 Å². The number of carbonyl (C=O) groups is 1. The molecule has 2 aromatic heterocycles. The van der Waals surface area contributed by atoms with Crippen molar-refractivity contribution in [2.75, 3.05) is 6.54 Å². The van der Waals surface area contributed by atoms with Crippen LogP contribution in [-0.2, 0) is 16.4 Å². The van der Waals surface area contributed by atoms with Gasteiger partial charge in [0.1, 0.15) is 5.01 Å². The molecule has 35 heavy (non-hydrogen) atoms. The van der Waals surface area contributed by atoms with Crippen molar-refractivity contribution in [1.82, 2.24) is 19.1 Å². The van der Waals surface area contributed by atoms with Crippen LogP contribution in [0.2, 0.25) is 0 Å². The molecule has 4 aromatic rings. The van der Waals surface area contributed by atoms with Crippen LogP contribution >= 0.6 is 11.3 Å². The predicted molar refractivity (Wildman–Crippen MR) is 128 cm³/mol. The summed E-state index contributed by atoms with van der Waals surface area (Å²) in [5, 5.41) is 19.1. The fourth-order valence-corrected chi connectivity index (χ4v) is 5.78. The van der Waals surface area contributed by atoms with E-state index in [1.165, 1.54) is 12.1 Å². The summed E-state index contributed by atoms with van der Waals surface area (Å²) in [7, 11) is -4.22. The number of thiazole rings is 1. The molecule has 0 spiro atoms. The van der Waals surface area contributed by atoms with Gasteiger partial charge in [-0.05, 0) is 57.0 Å². The number of carboxylic acid groups (broad SMARTS) is 1. The van der Waals surface area contributed by atoms with Gasteiger partial charge in [0, 0.05) is 18.1 Å². The first-order valence-electron chi connectivity index (χ1n) is 10.5. The number of aryl methyl sites for hydroxylation is 2. The number of nitrogens with zero attached hydrogens (tertiary/aromatic N) is 4. The van der Waals surface area contributed by atoms with Crippen molar-refractivity contribution in [2.45, 2.75) is 32.1 Å². The zero-order chi connectivity index (χ0) is 24.5. The van der Waals surface area contributed by atoms with Crippen LogP contribution in [0, 0.1) is 20.8 Å². The van der Waals surface area contributed by atoms with E-state index in [2.05, 4.69) is 10.1 Å². The fourth-order valence-electron chi connectivity index (χ4n) is 3.73. The number of carbonyl (C=O) groups excluding carboxylic acids is 1. The van der Waals surface area contributed by atoms with Crippen LogP contribution < -0.4 is 34.7 Å². The molecule has 0 bridgehead atoms. The first kappa shape index (κ1) is 27.1. The second-order valence-electron chi connectivity index (χ2n) is 7.87. The van der Waals surface area contributed by atoms with Crippen molar-refractivity contribution in [2.24, 2.45) is 0 Å². The first-order chi connectivity index (χ1) is 16.2. The van der Waals surface area contributed by atoms with E-state index < -0.39 is 16.1 Å². The molecule has 0 N–H and O–H groups in total. The van der Waals surface area contributed by atoms with E-state index >= 15 is 0 Å². The number of rotatable bonds is 7. The minimum absolute atomic E-state index is 0. The van der Waals surface area contributed by atoms with Crippen LogP contribution in [0.4, 0.5) is 4.79 Å². The van der Waals surface area contributed by atoms with Crippen molar-refractivity contribution < 1.29 is 47.9 Å². The monoisotopic (exact) mass is 518 g/mol. The molecular weight excluding hydrogens is 495 g/mol. The summed E-state index contributed by atoms with van der Waals surface area (Å²) in [4.78, 5) is 15.9. The van der Waals surface area contributed by atoms with Gasteiger partial charge in [-0.2, -0.15) is 5.10 Å². The fraction of sp³-hybridized carbons (Fsp3) is 0.208. The number of hydrogen-bond acceptors (Lipinski definition) is 7. The average molecular weight is 519 g/mol. The van der Waals surface area contributed by atoms with E-state index in [1.54, 1.807) is 29.7 Å². The molecule has 0 atom stereocenters. The minimum Gasteiger partial charge on any atom is -0.529 e. The van der Waals surface area contributed by atoms with Gasteiger partial charge < -0.3 is 9.90 Å². The standard InChI is InChI=1S/C24H24N4O4S2.Na/c1-16-4-10-21(11-5-16)34(31,32)27(24(29)30)14-12-19-6-8-20(9-7-19)28-18(3)22(17(2)26-28)23-25-13-15-33-23;/h4-11,13,15H,12,14H2,1-3H3,(H,29,30);/q;+1/p-1. The molecule has 0 unspecified atom stereocenters. The van der Waals surface area contributed by atoms with Gasteiger partial charge in [0.15, 0.2) is 6.09 Å². The second-order valence-corrected chi connectivity index (χ2v) is 10.6. The topological polar surface area (TPSA) is 108 Å². The van der Waals surface area contributed by atoms with Gasteiger partial charge >= 0.3 is 29.6 Å². The van der Waals surface area contributed by atoms with Crippen LogP contribution in [0.15, 0.2) is 65.0 Å². The Bertz CT molecular complexity index is 1420. The van der Waals surface area contributed by atoms with Crippen molar-refractivity contribution in [3.63, 3.8) is 0 Å².